The normalized spacial score (nSPS) is 23.2. The third-order valence-corrected chi connectivity index (χ3v) is 4.04. The molecule has 4 N–H and O–H groups in total. The Morgan fingerprint density at radius 3 is 2.68 bits per heavy atom. The molecule has 0 bridgehead atoms. The maximum atomic E-state index is 5.98. The second-order valence-electron chi connectivity index (χ2n) is 5.30. The molecule has 1 aliphatic heterocycles. The summed E-state index contributed by atoms with van der Waals surface area (Å²) in [5.74, 6) is 6.24. The molecule has 1 atom stereocenters. The van der Waals surface area contributed by atoms with Crippen LogP contribution in [-0.4, -0.2) is 30.8 Å². The van der Waals surface area contributed by atoms with E-state index in [0.717, 1.165) is 51.7 Å². The molecule has 1 fully saturated rings. The molecular formula is C14H30N4O. The summed E-state index contributed by atoms with van der Waals surface area (Å²) in [4.78, 5) is 4.45. The van der Waals surface area contributed by atoms with Gasteiger partial charge in [-0.2, -0.15) is 0 Å². The average molecular weight is 270 g/mol. The van der Waals surface area contributed by atoms with Crippen LogP contribution in [-0.2, 0) is 4.74 Å². The van der Waals surface area contributed by atoms with Gasteiger partial charge in [-0.15, -0.1) is 0 Å². The minimum atomic E-state index is 0.0268. The first kappa shape index (κ1) is 16.2. The average Bonchev–Trinajstić information content (AvgIpc) is 2.46. The Balaban J connectivity index is 2.52. The molecule has 5 nitrogen and oxygen atoms in total. The second-order valence-corrected chi connectivity index (χ2v) is 5.30. The molecule has 0 aliphatic carbocycles. The standard InChI is InChI=1S/C14H30N4O/c1-4-7-9-16-13(18-15)17-12-8-10-19-14(5-2,6-3)11-12/h12H,4-11,15H2,1-3H3,(H2,16,17,18). The van der Waals surface area contributed by atoms with E-state index in [9.17, 15) is 0 Å². The first-order chi connectivity index (χ1) is 9.19. The third kappa shape index (κ3) is 4.99. The Morgan fingerprint density at radius 2 is 2.11 bits per heavy atom. The molecule has 0 spiro atoms. The summed E-state index contributed by atoms with van der Waals surface area (Å²) in [7, 11) is 0. The summed E-state index contributed by atoms with van der Waals surface area (Å²) >= 11 is 0. The summed E-state index contributed by atoms with van der Waals surface area (Å²) in [6, 6.07) is 0.394. The third-order valence-electron chi connectivity index (χ3n) is 4.04. The Bertz CT molecular complexity index is 277. The topological polar surface area (TPSA) is 71.7 Å². The predicted molar refractivity (Wildman–Crippen MR) is 80.0 cm³/mol. The van der Waals surface area contributed by atoms with E-state index in [1.807, 2.05) is 0 Å². The first-order valence-corrected chi connectivity index (χ1v) is 7.61. The molecule has 1 aliphatic rings. The molecule has 0 aromatic carbocycles. The molecule has 1 heterocycles. The molecule has 0 saturated carbocycles. The smallest absolute Gasteiger partial charge is 0.205 e. The van der Waals surface area contributed by atoms with Crippen LogP contribution in [0.3, 0.4) is 0 Å². The number of unbranched alkanes of at least 4 members (excludes halogenated alkanes) is 1. The summed E-state index contributed by atoms with van der Waals surface area (Å²) in [6.45, 7) is 8.19. The predicted octanol–water partition coefficient (Wildman–Crippen LogP) is 1.93. The van der Waals surface area contributed by atoms with Gasteiger partial charge in [-0.05, 0) is 32.1 Å². The van der Waals surface area contributed by atoms with E-state index < -0.39 is 0 Å². The lowest BCUT2D eigenvalue weighted by Crippen LogP contribution is -2.52. The van der Waals surface area contributed by atoms with Crippen LogP contribution in [0.5, 0.6) is 0 Å². The van der Waals surface area contributed by atoms with Gasteiger partial charge in [0.2, 0.25) is 5.96 Å². The Kier molecular flexibility index (Phi) is 7.16. The number of nitrogens with zero attached hydrogens (tertiary/aromatic N) is 1. The lowest BCUT2D eigenvalue weighted by molar-refractivity contribution is -0.0910. The van der Waals surface area contributed by atoms with Gasteiger partial charge in [0.05, 0.1) is 5.60 Å². The number of guanidine groups is 1. The van der Waals surface area contributed by atoms with Gasteiger partial charge in [-0.1, -0.05) is 27.2 Å². The zero-order valence-electron chi connectivity index (χ0n) is 12.7. The van der Waals surface area contributed by atoms with Crippen molar-refractivity contribution in [1.29, 1.82) is 0 Å². The number of hydrogen-bond acceptors (Lipinski definition) is 3. The van der Waals surface area contributed by atoms with E-state index in [1.54, 1.807) is 0 Å². The lowest BCUT2D eigenvalue weighted by Gasteiger charge is -2.40. The van der Waals surface area contributed by atoms with Crippen molar-refractivity contribution < 1.29 is 4.74 Å². The van der Waals surface area contributed by atoms with Crippen molar-refractivity contribution in [3.63, 3.8) is 0 Å². The number of hydrogen-bond donors (Lipinski definition) is 3. The molecule has 112 valence electrons. The number of aliphatic imine (C=N–C) groups is 1. The largest absolute Gasteiger partial charge is 0.375 e. The quantitative estimate of drug-likeness (QED) is 0.227. The van der Waals surface area contributed by atoms with Crippen LogP contribution in [0.25, 0.3) is 0 Å². The highest BCUT2D eigenvalue weighted by atomic mass is 16.5. The summed E-state index contributed by atoms with van der Waals surface area (Å²) in [5.41, 5.74) is 2.70. The van der Waals surface area contributed by atoms with Crippen LogP contribution in [0.4, 0.5) is 0 Å². The van der Waals surface area contributed by atoms with Crippen molar-refractivity contribution >= 4 is 5.96 Å². The number of hydrazine groups is 1. The van der Waals surface area contributed by atoms with Gasteiger partial charge in [-0.25, -0.2) is 5.84 Å². The van der Waals surface area contributed by atoms with E-state index in [2.05, 4.69) is 36.5 Å². The van der Waals surface area contributed by atoms with Gasteiger partial charge in [0.1, 0.15) is 0 Å². The van der Waals surface area contributed by atoms with Crippen molar-refractivity contribution in [2.75, 3.05) is 13.2 Å². The van der Waals surface area contributed by atoms with Gasteiger partial charge in [0.15, 0.2) is 0 Å². The number of ether oxygens (including phenoxy) is 1. The minimum absolute atomic E-state index is 0.0268. The van der Waals surface area contributed by atoms with Gasteiger partial charge < -0.3 is 10.1 Å². The minimum Gasteiger partial charge on any atom is -0.375 e. The molecular weight excluding hydrogens is 240 g/mol. The fraction of sp³-hybridized carbons (Fsp3) is 0.929. The first-order valence-electron chi connectivity index (χ1n) is 7.61. The highest BCUT2D eigenvalue weighted by molar-refractivity contribution is 5.79. The lowest BCUT2D eigenvalue weighted by atomic mass is 9.86. The van der Waals surface area contributed by atoms with Crippen LogP contribution >= 0.6 is 0 Å². The molecule has 0 radical (unpaired) electrons. The van der Waals surface area contributed by atoms with Crippen molar-refractivity contribution in [3.8, 4) is 0 Å². The Hall–Kier alpha value is -0.810. The maximum absolute atomic E-state index is 5.98. The molecule has 19 heavy (non-hydrogen) atoms. The summed E-state index contributed by atoms with van der Waals surface area (Å²) < 4.78 is 5.98. The number of rotatable bonds is 6. The van der Waals surface area contributed by atoms with E-state index >= 15 is 0 Å². The molecule has 5 heteroatoms. The van der Waals surface area contributed by atoms with E-state index in [-0.39, 0.29) is 5.60 Å². The highest BCUT2D eigenvalue weighted by Gasteiger charge is 2.34. The monoisotopic (exact) mass is 270 g/mol. The molecule has 0 aromatic rings. The van der Waals surface area contributed by atoms with E-state index in [4.69, 9.17) is 10.6 Å². The van der Waals surface area contributed by atoms with Crippen molar-refractivity contribution in [2.45, 2.75) is 70.9 Å². The molecule has 1 saturated heterocycles. The van der Waals surface area contributed by atoms with Crippen LogP contribution in [0.15, 0.2) is 4.99 Å². The molecule has 0 amide bonds. The van der Waals surface area contributed by atoms with Gasteiger partial charge >= 0.3 is 0 Å². The van der Waals surface area contributed by atoms with Gasteiger partial charge in [-0.3, -0.25) is 10.4 Å². The second kappa shape index (κ2) is 8.38. The summed E-state index contributed by atoms with van der Waals surface area (Å²) in [6.07, 6.45) is 6.38. The fourth-order valence-electron chi connectivity index (χ4n) is 2.57. The van der Waals surface area contributed by atoms with Gasteiger partial charge in [0.25, 0.3) is 0 Å². The van der Waals surface area contributed by atoms with Crippen molar-refractivity contribution in [1.82, 2.24) is 10.7 Å². The zero-order valence-corrected chi connectivity index (χ0v) is 12.7. The SMILES string of the molecule is CCCCN=C(NN)NC1CCOC(CC)(CC)C1. The Morgan fingerprint density at radius 1 is 1.37 bits per heavy atom. The van der Waals surface area contributed by atoms with Crippen molar-refractivity contribution in [2.24, 2.45) is 10.8 Å². The highest BCUT2D eigenvalue weighted by Crippen LogP contribution is 2.31. The molecule has 0 aromatic heterocycles. The van der Waals surface area contributed by atoms with Crippen LogP contribution in [0, 0.1) is 0 Å². The van der Waals surface area contributed by atoms with E-state index in [0.29, 0.717) is 12.0 Å². The molecule has 1 unspecified atom stereocenters. The zero-order chi connectivity index (χ0) is 14.1. The van der Waals surface area contributed by atoms with Crippen LogP contribution < -0.4 is 16.6 Å². The number of nitrogens with two attached hydrogens (primary N) is 1. The Labute approximate surface area is 117 Å². The maximum Gasteiger partial charge on any atom is 0.205 e. The van der Waals surface area contributed by atoms with Crippen LogP contribution in [0.1, 0.15) is 59.3 Å². The molecule has 1 rings (SSSR count). The summed E-state index contributed by atoms with van der Waals surface area (Å²) in [5, 5.41) is 3.42. The van der Waals surface area contributed by atoms with Gasteiger partial charge in [0, 0.05) is 19.2 Å². The van der Waals surface area contributed by atoms with Crippen molar-refractivity contribution in [3.05, 3.63) is 0 Å². The van der Waals surface area contributed by atoms with E-state index in [1.165, 1.54) is 0 Å². The van der Waals surface area contributed by atoms with Crippen LogP contribution in [0.2, 0.25) is 0 Å². The fourth-order valence-corrected chi connectivity index (χ4v) is 2.57. The number of nitrogens with one attached hydrogen (secondary N) is 2.